The summed E-state index contributed by atoms with van der Waals surface area (Å²) in [6.07, 6.45) is 0. The summed E-state index contributed by atoms with van der Waals surface area (Å²) in [5.41, 5.74) is 12.6. The SMILES string of the molecule is CC(c1cc(Cl)cc(Cl)c1)C(C)C(CN)CN. The molecule has 1 rings (SSSR count). The van der Waals surface area contributed by atoms with Crippen LogP contribution in [0.3, 0.4) is 0 Å². The zero-order chi connectivity index (χ0) is 13.0. The Morgan fingerprint density at radius 1 is 1.00 bits per heavy atom. The smallest absolute Gasteiger partial charge is 0.0423 e. The molecule has 0 radical (unpaired) electrons. The van der Waals surface area contributed by atoms with Gasteiger partial charge in [-0.15, -0.1) is 0 Å². The van der Waals surface area contributed by atoms with Crippen molar-refractivity contribution >= 4 is 23.2 Å². The van der Waals surface area contributed by atoms with Crippen LogP contribution in [-0.2, 0) is 0 Å². The van der Waals surface area contributed by atoms with E-state index in [2.05, 4.69) is 13.8 Å². The Morgan fingerprint density at radius 3 is 1.88 bits per heavy atom. The summed E-state index contributed by atoms with van der Waals surface area (Å²) in [5.74, 6) is 1.06. The van der Waals surface area contributed by atoms with Crippen molar-refractivity contribution in [3.8, 4) is 0 Å². The molecule has 1 aromatic carbocycles. The zero-order valence-electron chi connectivity index (χ0n) is 10.3. The van der Waals surface area contributed by atoms with Gasteiger partial charge >= 0.3 is 0 Å². The predicted octanol–water partition coefficient (Wildman–Crippen LogP) is 3.27. The average Bonchev–Trinajstić information content (AvgIpc) is 2.28. The molecule has 0 spiro atoms. The summed E-state index contributed by atoms with van der Waals surface area (Å²) in [5, 5.41) is 1.34. The number of nitrogens with two attached hydrogens (primary N) is 2. The largest absolute Gasteiger partial charge is 0.330 e. The first kappa shape index (κ1) is 14.8. The first-order chi connectivity index (χ1) is 7.99. The Hall–Kier alpha value is -0.280. The van der Waals surface area contributed by atoms with Gasteiger partial charge in [-0.25, -0.2) is 0 Å². The van der Waals surface area contributed by atoms with E-state index in [0.29, 0.717) is 40.9 Å². The molecule has 1 aromatic rings. The molecular formula is C13H20Cl2N2. The van der Waals surface area contributed by atoms with Gasteiger partial charge in [0.15, 0.2) is 0 Å². The lowest BCUT2D eigenvalue weighted by atomic mass is 9.80. The fourth-order valence-electron chi connectivity index (χ4n) is 2.08. The van der Waals surface area contributed by atoms with E-state index in [4.69, 9.17) is 34.7 Å². The van der Waals surface area contributed by atoms with E-state index in [9.17, 15) is 0 Å². The molecule has 0 aromatic heterocycles. The number of hydrogen-bond acceptors (Lipinski definition) is 2. The molecule has 0 aliphatic rings. The second kappa shape index (κ2) is 6.60. The fourth-order valence-corrected chi connectivity index (χ4v) is 2.62. The lowest BCUT2D eigenvalue weighted by Gasteiger charge is -2.27. The van der Waals surface area contributed by atoms with Gasteiger partial charge in [0, 0.05) is 10.0 Å². The molecule has 4 N–H and O–H groups in total. The van der Waals surface area contributed by atoms with Crippen molar-refractivity contribution in [1.82, 2.24) is 0 Å². The molecular weight excluding hydrogens is 255 g/mol. The van der Waals surface area contributed by atoms with Gasteiger partial charge in [-0.1, -0.05) is 37.0 Å². The molecule has 0 bridgehead atoms. The zero-order valence-corrected chi connectivity index (χ0v) is 11.8. The van der Waals surface area contributed by atoms with Crippen molar-refractivity contribution in [3.63, 3.8) is 0 Å². The molecule has 0 heterocycles. The van der Waals surface area contributed by atoms with Crippen LogP contribution in [0.1, 0.15) is 25.3 Å². The summed E-state index contributed by atoms with van der Waals surface area (Å²) in [4.78, 5) is 0. The summed E-state index contributed by atoms with van der Waals surface area (Å²) in [7, 11) is 0. The van der Waals surface area contributed by atoms with Crippen molar-refractivity contribution in [2.45, 2.75) is 19.8 Å². The van der Waals surface area contributed by atoms with Gasteiger partial charge in [0.2, 0.25) is 0 Å². The molecule has 0 saturated carbocycles. The minimum absolute atomic E-state index is 0.322. The van der Waals surface area contributed by atoms with Crippen LogP contribution in [0.25, 0.3) is 0 Å². The molecule has 2 nitrogen and oxygen atoms in total. The van der Waals surface area contributed by atoms with Gasteiger partial charge in [0.1, 0.15) is 0 Å². The maximum absolute atomic E-state index is 6.01. The van der Waals surface area contributed by atoms with Crippen LogP contribution >= 0.6 is 23.2 Å². The van der Waals surface area contributed by atoms with Crippen molar-refractivity contribution in [3.05, 3.63) is 33.8 Å². The van der Waals surface area contributed by atoms with Gasteiger partial charge in [-0.3, -0.25) is 0 Å². The number of hydrogen-bond donors (Lipinski definition) is 2. The molecule has 17 heavy (non-hydrogen) atoms. The Labute approximate surface area is 113 Å². The van der Waals surface area contributed by atoms with Crippen LogP contribution in [0.5, 0.6) is 0 Å². The highest BCUT2D eigenvalue weighted by atomic mass is 35.5. The summed E-state index contributed by atoms with van der Waals surface area (Å²) in [6, 6.07) is 5.66. The maximum atomic E-state index is 6.01. The van der Waals surface area contributed by atoms with Crippen LogP contribution in [-0.4, -0.2) is 13.1 Å². The molecule has 2 atom stereocenters. The second-order valence-electron chi connectivity index (χ2n) is 4.58. The van der Waals surface area contributed by atoms with E-state index in [0.717, 1.165) is 5.56 Å². The fraction of sp³-hybridized carbons (Fsp3) is 0.538. The minimum Gasteiger partial charge on any atom is -0.330 e. The topological polar surface area (TPSA) is 52.0 Å². The number of rotatable bonds is 5. The van der Waals surface area contributed by atoms with Gasteiger partial charge in [0.05, 0.1) is 0 Å². The van der Waals surface area contributed by atoms with Crippen LogP contribution < -0.4 is 11.5 Å². The van der Waals surface area contributed by atoms with Crippen LogP contribution in [0, 0.1) is 11.8 Å². The molecule has 96 valence electrons. The summed E-state index contributed by atoms with van der Waals surface area (Å²) < 4.78 is 0. The summed E-state index contributed by atoms with van der Waals surface area (Å²) in [6.45, 7) is 5.54. The van der Waals surface area contributed by atoms with E-state index in [1.165, 1.54) is 0 Å². The predicted molar refractivity (Wildman–Crippen MR) is 75.6 cm³/mol. The molecule has 0 amide bonds. The lowest BCUT2D eigenvalue weighted by molar-refractivity contribution is 0.328. The van der Waals surface area contributed by atoms with Gasteiger partial charge in [-0.05, 0) is 54.6 Å². The van der Waals surface area contributed by atoms with E-state index < -0.39 is 0 Å². The molecule has 4 heteroatoms. The highest BCUT2D eigenvalue weighted by molar-refractivity contribution is 6.34. The van der Waals surface area contributed by atoms with Crippen molar-refractivity contribution in [1.29, 1.82) is 0 Å². The van der Waals surface area contributed by atoms with Gasteiger partial charge < -0.3 is 11.5 Å². The van der Waals surface area contributed by atoms with E-state index in [1.807, 2.05) is 12.1 Å². The number of benzene rings is 1. The minimum atomic E-state index is 0.322. The molecule has 2 unspecified atom stereocenters. The van der Waals surface area contributed by atoms with Gasteiger partial charge in [-0.2, -0.15) is 0 Å². The first-order valence-electron chi connectivity index (χ1n) is 5.85. The Kier molecular flexibility index (Phi) is 5.74. The van der Waals surface area contributed by atoms with E-state index in [-0.39, 0.29) is 0 Å². The van der Waals surface area contributed by atoms with E-state index in [1.54, 1.807) is 6.07 Å². The average molecular weight is 275 g/mol. The second-order valence-corrected chi connectivity index (χ2v) is 5.45. The molecule has 0 saturated heterocycles. The van der Waals surface area contributed by atoms with Crippen LogP contribution in [0.4, 0.5) is 0 Å². The van der Waals surface area contributed by atoms with Crippen molar-refractivity contribution in [2.75, 3.05) is 13.1 Å². The molecule has 0 aliphatic heterocycles. The third-order valence-corrected chi connectivity index (χ3v) is 3.98. The Balaban J connectivity index is 2.91. The van der Waals surface area contributed by atoms with Crippen molar-refractivity contribution < 1.29 is 0 Å². The summed E-state index contributed by atoms with van der Waals surface area (Å²) >= 11 is 12.0. The third kappa shape index (κ3) is 3.85. The van der Waals surface area contributed by atoms with Crippen molar-refractivity contribution in [2.24, 2.45) is 23.3 Å². The highest BCUT2D eigenvalue weighted by Gasteiger charge is 2.22. The van der Waals surface area contributed by atoms with E-state index >= 15 is 0 Å². The first-order valence-corrected chi connectivity index (χ1v) is 6.61. The third-order valence-electron chi connectivity index (χ3n) is 3.55. The number of halogens is 2. The molecule has 0 fully saturated rings. The molecule has 0 aliphatic carbocycles. The monoisotopic (exact) mass is 274 g/mol. The lowest BCUT2D eigenvalue weighted by Crippen LogP contribution is -2.31. The Morgan fingerprint density at radius 2 is 1.47 bits per heavy atom. The standard InChI is InChI=1S/C13H20Cl2N2/c1-8(9(2)11(6-16)7-17)10-3-12(14)5-13(15)4-10/h3-5,8-9,11H,6-7,16-17H2,1-2H3. The quantitative estimate of drug-likeness (QED) is 0.866. The Bertz CT molecular complexity index is 344. The van der Waals surface area contributed by atoms with Crippen LogP contribution in [0.2, 0.25) is 10.0 Å². The maximum Gasteiger partial charge on any atom is 0.0423 e. The van der Waals surface area contributed by atoms with Gasteiger partial charge in [0.25, 0.3) is 0 Å². The highest BCUT2D eigenvalue weighted by Crippen LogP contribution is 2.32. The van der Waals surface area contributed by atoms with Crippen LogP contribution in [0.15, 0.2) is 18.2 Å². The normalized spacial score (nSPS) is 15.0.